The van der Waals surface area contributed by atoms with Crippen LogP contribution >= 0.6 is 12.6 Å². The number of nitrogens with one attached hydrogen (secondary N) is 2. The Morgan fingerprint density at radius 2 is 2.25 bits per heavy atom. The molecule has 2 aromatic rings. The Labute approximate surface area is 168 Å². The average Bonchev–Trinajstić information content (AvgIpc) is 3.33. The van der Waals surface area contributed by atoms with Crippen molar-refractivity contribution >= 4 is 18.5 Å². The number of rotatable bonds is 4. The lowest BCUT2D eigenvalue weighted by Gasteiger charge is -2.28. The average molecular weight is 393 g/mol. The fourth-order valence-corrected chi connectivity index (χ4v) is 3.57. The van der Waals surface area contributed by atoms with E-state index in [0.717, 1.165) is 11.3 Å². The number of thiol groups is 1. The van der Waals surface area contributed by atoms with Crippen molar-refractivity contribution in [1.29, 1.82) is 0 Å². The lowest BCUT2D eigenvalue weighted by Crippen LogP contribution is -2.43. The summed E-state index contributed by atoms with van der Waals surface area (Å²) in [6.07, 6.45) is 8.10. The third-order valence-corrected chi connectivity index (χ3v) is 5.37. The minimum atomic E-state index is -0.432. The molecule has 0 fully saturated rings. The first-order valence-electron chi connectivity index (χ1n) is 8.84. The standard InChI is InChI=1S/C20H19N5O2S/c1-3-14-9-12(2)18(28)16-17(14)27-11-25(16)24-20(26)19-21-15(22-23-19)10-13-7-5-4-6-8-13/h1,4-9,12,18,28H,10-11H2,2H3,(H,24,26)(H,21,22,23)/t12-,18-/m0/s1. The largest absolute Gasteiger partial charge is 0.468 e. The van der Waals surface area contributed by atoms with E-state index in [-0.39, 0.29) is 23.7 Å². The summed E-state index contributed by atoms with van der Waals surface area (Å²) in [6, 6.07) is 9.84. The number of hydrogen-bond acceptors (Lipinski definition) is 6. The molecule has 4 rings (SSSR count). The Morgan fingerprint density at radius 3 is 3.00 bits per heavy atom. The Hall–Kier alpha value is -3.18. The molecule has 1 aliphatic carbocycles. The molecule has 2 heterocycles. The molecule has 0 unspecified atom stereocenters. The molecule has 2 aliphatic rings. The number of terminal acetylenes is 1. The molecule has 0 spiro atoms. The summed E-state index contributed by atoms with van der Waals surface area (Å²) in [4.78, 5) is 16.9. The first-order valence-corrected chi connectivity index (χ1v) is 9.36. The Bertz CT molecular complexity index is 1010. The minimum absolute atomic E-state index is 0.0623. The van der Waals surface area contributed by atoms with Gasteiger partial charge in [0.1, 0.15) is 5.82 Å². The number of benzene rings is 1. The van der Waals surface area contributed by atoms with Gasteiger partial charge in [0.15, 0.2) is 12.5 Å². The second-order valence-electron chi connectivity index (χ2n) is 6.65. The highest BCUT2D eigenvalue weighted by Crippen LogP contribution is 2.37. The SMILES string of the molecule is C#CC1=C[C@H](C)[C@H](S)C2=C1OCN2NC(=O)c1n[nH]c(Cc2ccccc2)n1. The van der Waals surface area contributed by atoms with E-state index in [4.69, 9.17) is 11.2 Å². The molecule has 2 atom stereocenters. The zero-order valence-corrected chi connectivity index (χ0v) is 16.1. The van der Waals surface area contributed by atoms with Gasteiger partial charge in [0.2, 0.25) is 5.82 Å². The van der Waals surface area contributed by atoms with Crippen molar-refractivity contribution in [2.45, 2.75) is 18.6 Å². The molecule has 1 aromatic carbocycles. The van der Waals surface area contributed by atoms with Crippen molar-refractivity contribution in [3.05, 3.63) is 70.6 Å². The molecule has 1 amide bonds. The van der Waals surface area contributed by atoms with Gasteiger partial charge in [-0.3, -0.25) is 15.3 Å². The number of aromatic nitrogens is 3. The quantitative estimate of drug-likeness (QED) is 0.547. The number of aromatic amines is 1. The molecule has 142 valence electrons. The van der Waals surface area contributed by atoms with Crippen LogP contribution in [0.25, 0.3) is 0 Å². The van der Waals surface area contributed by atoms with Crippen LogP contribution in [0.1, 0.15) is 28.9 Å². The number of ether oxygens (including phenoxy) is 1. The lowest BCUT2D eigenvalue weighted by atomic mass is 9.93. The fraction of sp³-hybridized carbons (Fsp3) is 0.250. The normalized spacial score (nSPS) is 20.9. The first-order chi connectivity index (χ1) is 13.6. The van der Waals surface area contributed by atoms with Gasteiger partial charge in [-0.05, 0) is 11.5 Å². The van der Waals surface area contributed by atoms with Crippen LogP contribution in [0.5, 0.6) is 0 Å². The highest BCUT2D eigenvalue weighted by Gasteiger charge is 2.37. The lowest BCUT2D eigenvalue weighted by molar-refractivity contribution is 0.0702. The first kappa shape index (κ1) is 18.2. The molecule has 8 heteroatoms. The van der Waals surface area contributed by atoms with Gasteiger partial charge in [-0.1, -0.05) is 49.3 Å². The summed E-state index contributed by atoms with van der Waals surface area (Å²) >= 11 is 4.66. The van der Waals surface area contributed by atoms with E-state index in [2.05, 4.69) is 39.2 Å². The summed E-state index contributed by atoms with van der Waals surface area (Å²) < 4.78 is 5.70. The smallest absolute Gasteiger partial charge is 0.309 e. The van der Waals surface area contributed by atoms with Gasteiger partial charge in [0, 0.05) is 6.42 Å². The summed E-state index contributed by atoms with van der Waals surface area (Å²) in [5.74, 6) is 3.57. The van der Waals surface area contributed by atoms with E-state index in [0.29, 0.717) is 23.6 Å². The van der Waals surface area contributed by atoms with E-state index in [1.54, 1.807) is 5.01 Å². The highest BCUT2D eigenvalue weighted by atomic mass is 32.1. The van der Waals surface area contributed by atoms with Crippen molar-refractivity contribution in [1.82, 2.24) is 25.6 Å². The van der Waals surface area contributed by atoms with Gasteiger partial charge in [-0.2, -0.15) is 12.6 Å². The number of hydrazine groups is 1. The molecule has 0 radical (unpaired) electrons. The maximum absolute atomic E-state index is 12.6. The number of carbonyl (C=O) groups excluding carboxylic acids is 1. The third-order valence-electron chi connectivity index (χ3n) is 4.65. The van der Waals surface area contributed by atoms with Crippen LogP contribution in [0.2, 0.25) is 0 Å². The van der Waals surface area contributed by atoms with E-state index in [1.165, 1.54) is 0 Å². The predicted molar refractivity (Wildman–Crippen MR) is 107 cm³/mol. The molecule has 0 saturated carbocycles. The van der Waals surface area contributed by atoms with Crippen LogP contribution in [0.4, 0.5) is 0 Å². The van der Waals surface area contributed by atoms with Gasteiger partial charge >= 0.3 is 5.91 Å². The molecule has 7 nitrogen and oxygen atoms in total. The number of amides is 1. The van der Waals surface area contributed by atoms with Gasteiger partial charge in [0.05, 0.1) is 16.5 Å². The van der Waals surface area contributed by atoms with E-state index >= 15 is 0 Å². The number of hydrogen-bond donors (Lipinski definition) is 3. The molecule has 1 aliphatic heterocycles. The number of allylic oxidation sites excluding steroid dienone is 2. The predicted octanol–water partition coefficient (Wildman–Crippen LogP) is 2.05. The molecular weight excluding hydrogens is 374 g/mol. The van der Waals surface area contributed by atoms with Crippen LogP contribution in [-0.2, 0) is 11.2 Å². The van der Waals surface area contributed by atoms with E-state index in [1.807, 2.05) is 43.3 Å². The van der Waals surface area contributed by atoms with Crippen LogP contribution < -0.4 is 5.43 Å². The minimum Gasteiger partial charge on any atom is -0.468 e. The molecule has 1 aromatic heterocycles. The van der Waals surface area contributed by atoms with Crippen LogP contribution in [0, 0.1) is 18.3 Å². The second kappa shape index (κ2) is 7.44. The van der Waals surface area contributed by atoms with Crippen molar-refractivity contribution < 1.29 is 9.53 Å². The van der Waals surface area contributed by atoms with Gasteiger partial charge in [0.25, 0.3) is 0 Å². The maximum Gasteiger partial charge on any atom is 0.309 e. The molecular formula is C20H19N5O2S. The van der Waals surface area contributed by atoms with Gasteiger partial charge in [-0.25, -0.2) is 9.99 Å². The van der Waals surface area contributed by atoms with Crippen LogP contribution in [0.15, 0.2) is 53.4 Å². The second-order valence-corrected chi connectivity index (χ2v) is 7.21. The Morgan fingerprint density at radius 1 is 1.46 bits per heavy atom. The van der Waals surface area contributed by atoms with E-state index in [9.17, 15) is 4.79 Å². The Balaban J connectivity index is 1.48. The zero-order chi connectivity index (χ0) is 19.7. The third kappa shape index (κ3) is 3.37. The summed E-state index contributed by atoms with van der Waals surface area (Å²) in [6.45, 7) is 2.17. The van der Waals surface area contributed by atoms with Crippen molar-refractivity contribution in [3.8, 4) is 12.3 Å². The Kier molecular flexibility index (Phi) is 4.84. The highest BCUT2D eigenvalue weighted by molar-refractivity contribution is 7.81. The van der Waals surface area contributed by atoms with E-state index < -0.39 is 5.91 Å². The molecule has 0 saturated heterocycles. The topological polar surface area (TPSA) is 83.1 Å². The molecule has 28 heavy (non-hydrogen) atoms. The number of carbonyl (C=O) groups is 1. The monoisotopic (exact) mass is 393 g/mol. The maximum atomic E-state index is 12.6. The summed E-state index contributed by atoms with van der Waals surface area (Å²) in [5.41, 5.74) is 5.29. The fourth-order valence-electron chi connectivity index (χ4n) is 3.23. The van der Waals surface area contributed by atoms with Crippen molar-refractivity contribution in [3.63, 3.8) is 0 Å². The van der Waals surface area contributed by atoms with Gasteiger partial charge < -0.3 is 4.74 Å². The summed E-state index contributed by atoms with van der Waals surface area (Å²) in [7, 11) is 0. The molecule has 0 bridgehead atoms. The number of H-pyrrole nitrogens is 1. The van der Waals surface area contributed by atoms with Crippen LogP contribution in [0.3, 0.4) is 0 Å². The molecule has 2 N–H and O–H groups in total. The number of nitrogens with zero attached hydrogens (tertiary/aromatic N) is 3. The van der Waals surface area contributed by atoms with Crippen molar-refractivity contribution in [2.24, 2.45) is 5.92 Å². The summed E-state index contributed by atoms with van der Waals surface area (Å²) in [5, 5.41) is 8.31. The zero-order valence-electron chi connectivity index (χ0n) is 15.2. The van der Waals surface area contributed by atoms with Gasteiger partial charge in [-0.15, -0.1) is 11.5 Å². The van der Waals surface area contributed by atoms with Crippen molar-refractivity contribution in [2.75, 3.05) is 6.73 Å². The van der Waals surface area contributed by atoms with Crippen LogP contribution in [-0.4, -0.2) is 38.1 Å².